The van der Waals surface area contributed by atoms with Gasteiger partial charge in [-0.1, -0.05) is 13.0 Å². The first kappa shape index (κ1) is 14.5. The van der Waals surface area contributed by atoms with Crippen molar-refractivity contribution in [3.8, 4) is 0 Å². The molecule has 0 saturated heterocycles. The molecule has 0 aliphatic carbocycles. The molecule has 3 N–H and O–H groups in total. The molecule has 0 radical (unpaired) electrons. The van der Waals surface area contributed by atoms with Gasteiger partial charge in [0.15, 0.2) is 5.96 Å². The molecule has 0 saturated carbocycles. The fraction of sp³-hybridized carbons (Fsp3) is 0.636. The topological polar surface area (TPSA) is 65.5 Å². The number of carbonyl (C=O) groups is 1. The largest absolute Gasteiger partial charge is 0.357 e. The summed E-state index contributed by atoms with van der Waals surface area (Å²) in [4.78, 5) is 15.4. The fourth-order valence-corrected chi connectivity index (χ4v) is 0.982. The number of carbonyl (C=O) groups excluding carboxylic acids is 1. The number of hydrogen-bond acceptors (Lipinski definition) is 2. The van der Waals surface area contributed by atoms with Crippen molar-refractivity contribution in [2.45, 2.75) is 20.3 Å². The van der Waals surface area contributed by atoms with Crippen LogP contribution in [0.1, 0.15) is 20.3 Å². The van der Waals surface area contributed by atoms with Gasteiger partial charge in [-0.25, -0.2) is 4.99 Å². The highest BCUT2D eigenvalue weighted by atomic mass is 16.1. The summed E-state index contributed by atoms with van der Waals surface area (Å²) in [5.41, 5.74) is 0. The molecule has 0 atom stereocenters. The molecule has 0 unspecified atom stereocenters. The monoisotopic (exact) mass is 226 g/mol. The molecule has 0 aliphatic heterocycles. The smallest absolute Gasteiger partial charge is 0.241 e. The molecule has 1 amide bonds. The number of rotatable bonds is 7. The van der Waals surface area contributed by atoms with Crippen molar-refractivity contribution >= 4 is 11.9 Å². The second-order valence-corrected chi connectivity index (χ2v) is 3.21. The molecule has 0 aliphatic rings. The van der Waals surface area contributed by atoms with Crippen LogP contribution in [0.4, 0.5) is 0 Å². The van der Waals surface area contributed by atoms with Gasteiger partial charge in [0.2, 0.25) is 5.91 Å². The zero-order chi connectivity index (χ0) is 12.2. The summed E-state index contributed by atoms with van der Waals surface area (Å²) in [5.74, 6) is 0.576. The molecule has 0 aromatic carbocycles. The van der Waals surface area contributed by atoms with Gasteiger partial charge in [-0.2, -0.15) is 0 Å². The summed E-state index contributed by atoms with van der Waals surface area (Å²) in [6.07, 6.45) is 2.67. The first-order valence-corrected chi connectivity index (χ1v) is 5.64. The lowest BCUT2D eigenvalue weighted by molar-refractivity contribution is -0.119. The average molecular weight is 226 g/mol. The van der Waals surface area contributed by atoms with E-state index in [1.54, 1.807) is 6.08 Å². The van der Waals surface area contributed by atoms with Crippen LogP contribution in [0.3, 0.4) is 0 Å². The summed E-state index contributed by atoms with van der Waals surface area (Å²) in [5, 5.41) is 8.83. The Labute approximate surface area is 97.4 Å². The molecule has 0 aromatic heterocycles. The highest BCUT2D eigenvalue weighted by molar-refractivity contribution is 5.84. The number of hydrogen-bond donors (Lipinski definition) is 3. The Morgan fingerprint density at radius 1 is 1.31 bits per heavy atom. The second kappa shape index (κ2) is 10.0. The van der Waals surface area contributed by atoms with Crippen LogP contribution < -0.4 is 16.0 Å². The minimum Gasteiger partial charge on any atom is -0.357 e. The molecule has 5 heteroatoms. The van der Waals surface area contributed by atoms with E-state index < -0.39 is 0 Å². The Kier molecular flexibility index (Phi) is 9.06. The molecule has 0 fully saturated rings. The van der Waals surface area contributed by atoms with Crippen molar-refractivity contribution in [2.75, 3.05) is 26.2 Å². The summed E-state index contributed by atoms with van der Waals surface area (Å²) in [6.45, 7) is 9.83. The average Bonchev–Trinajstić information content (AvgIpc) is 2.30. The van der Waals surface area contributed by atoms with E-state index in [0.29, 0.717) is 19.0 Å². The molecule has 0 rings (SSSR count). The van der Waals surface area contributed by atoms with E-state index in [4.69, 9.17) is 0 Å². The summed E-state index contributed by atoms with van der Waals surface area (Å²) in [7, 11) is 0. The van der Waals surface area contributed by atoms with Gasteiger partial charge in [-0.05, 0) is 13.3 Å². The Morgan fingerprint density at radius 2 is 2.06 bits per heavy atom. The number of guanidine groups is 1. The first-order valence-electron chi connectivity index (χ1n) is 5.64. The number of nitrogens with one attached hydrogen (secondary N) is 3. The van der Waals surface area contributed by atoms with Crippen molar-refractivity contribution in [3.05, 3.63) is 12.7 Å². The van der Waals surface area contributed by atoms with Crippen LogP contribution in [-0.2, 0) is 4.79 Å². The highest BCUT2D eigenvalue weighted by Crippen LogP contribution is 1.77. The number of nitrogens with zero attached hydrogens (tertiary/aromatic N) is 1. The van der Waals surface area contributed by atoms with Gasteiger partial charge in [0.05, 0.1) is 0 Å². The molecular formula is C11H22N4O. The Balaban J connectivity index is 3.99. The van der Waals surface area contributed by atoms with Crippen molar-refractivity contribution in [3.63, 3.8) is 0 Å². The van der Waals surface area contributed by atoms with E-state index in [1.807, 2.05) is 13.8 Å². The van der Waals surface area contributed by atoms with Crippen LogP contribution in [0, 0.1) is 0 Å². The van der Waals surface area contributed by atoms with Gasteiger partial charge < -0.3 is 16.0 Å². The standard InChI is InChI=1S/C11H22N4O/c1-4-7-13-10(16)9-15-11(12-6-3)14-8-5-2/h5H,2,4,6-9H2,1,3H3,(H,13,16)(H2,12,14,15). The molecule has 5 nitrogen and oxygen atoms in total. The summed E-state index contributed by atoms with van der Waals surface area (Å²) < 4.78 is 0. The van der Waals surface area contributed by atoms with Gasteiger partial charge in [-0.15, -0.1) is 6.58 Å². The van der Waals surface area contributed by atoms with Gasteiger partial charge in [0, 0.05) is 19.6 Å². The normalized spacial score (nSPS) is 10.8. The van der Waals surface area contributed by atoms with E-state index >= 15 is 0 Å². The number of amides is 1. The Bertz CT molecular complexity index is 238. The third kappa shape index (κ3) is 7.84. The van der Waals surface area contributed by atoms with E-state index in [2.05, 4.69) is 27.5 Å². The van der Waals surface area contributed by atoms with Crippen LogP contribution in [0.2, 0.25) is 0 Å². The predicted octanol–water partition coefficient (Wildman–Crippen LogP) is 0.254. The maximum atomic E-state index is 11.3. The zero-order valence-electron chi connectivity index (χ0n) is 10.2. The molecule has 0 spiro atoms. The molecule has 92 valence electrons. The van der Waals surface area contributed by atoms with E-state index in [9.17, 15) is 4.79 Å². The minimum atomic E-state index is -0.0577. The van der Waals surface area contributed by atoms with Crippen LogP contribution in [0.15, 0.2) is 17.6 Å². The minimum absolute atomic E-state index is 0.0577. The summed E-state index contributed by atoms with van der Waals surface area (Å²) in [6, 6.07) is 0. The number of aliphatic imine (C=N–C) groups is 1. The predicted molar refractivity (Wildman–Crippen MR) is 67.5 cm³/mol. The Hall–Kier alpha value is -1.52. The third-order valence-corrected chi connectivity index (χ3v) is 1.71. The Morgan fingerprint density at radius 3 is 2.62 bits per heavy atom. The lowest BCUT2D eigenvalue weighted by Gasteiger charge is -2.09. The zero-order valence-corrected chi connectivity index (χ0v) is 10.2. The van der Waals surface area contributed by atoms with Gasteiger partial charge >= 0.3 is 0 Å². The first-order chi connectivity index (χ1) is 7.74. The SMILES string of the molecule is C=CCNC(=NCC(=O)NCCC)NCC. The second-order valence-electron chi connectivity index (χ2n) is 3.21. The van der Waals surface area contributed by atoms with E-state index in [0.717, 1.165) is 13.0 Å². The highest BCUT2D eigenvalue weighted by Gasteiger charge is 1.99. The van der Waals surface area contributed by atoms with Crippen LogP contribution >= 0.6 is 0 Å². The lowest BCUT2D eigenvalue weighted by atomic mass is 10.4. The van der Waals surface area contributed by atoms with Gasteiger partial charge in [0.25, 0.3) is 0 Å². The van der Waals surface area contributed by atoms with Crippen molar-refractivity contribution in [2.24, 2.45) is 4.99 Å². The van der Waals surface area contributed by atoms with Crippen molar-refractivity contribution < 1.29 is 4.79 Å². The maximum Gasteiger partial charge on any atom is 0.241 e. The van der Waals surface area contributed by atoms with Gasteiger partial charge in [-0.3, -0.25) is 4.79 Å². The summed E-state index contributed by atoms with van der Waals surface area (Å²) >= 11 is 0. The molecule has 0 heterocycles. The van der Waals surface area contributed by atoms with E-state index in [1.165, 1.54) is 0 Å². The molecule has 0 bridgehead atoms. The lowest BCUT2D eigenvalue weighted by Crippen LogP contribution is -2.38. The van der Waals surface area contributed by atoms with Crippen molar-refractivity contribution in [1.29, 1.82) is 0 Å². The molecule has 0 aromatic rings. The van der Waals surface area contributed by atoms with Crippen LogP contribution in [-0.4, -0.2) is 38.0 Å². The van der Waals surface area contributed by atoms with Crippen LogP contribution in [0.25, 0.3) is 0 Å². The third-order valence-electron chi connectivity index (χ3n) is 1.71. The van der Waals surface area contributed by atoms with E-state index in [-0.39, 0.29) is 12.5 Å². The van der Waals surface area contributed by atoms with Crippen LogP contribution in [0.5, 0.6) is 0 Å². The molecule has 16 heavy (non-hydrogen) atoms. The van der Waals surface area contributed by atoms with Gasteiger partial charge in [0.1, 0.15) is 6.54 Å². The van der Waals surface area contributed by atoms with Crippen molar-refractivity contribution in [1.82, 2.24) is 16.0 Å². The maximum absolute atomic E-state index is 11.3. The quantitative estimate of drug-likeness (QED) is 0.331. The fourth-order valence-electron chi connectivity index (χ4n) is 0.982. The molecular weight excluding hydrogens is 204 g/mol.